The molecule has 1 aromatic heterocycles. The van der Waals surface area contributed by atoms with E-state index in [1.807, 2.05) is 6.92 Å². The number of halogens is 1. The van der Waals surface area contributed by atoms with Crippen molar-refractivity contribution >= 4 is 21.7 Å². The van der Waals surface area contributed by atoms with Gasteiger partial charge in [0.2, 0.25) is 0 Å². The van der Waals surface area contributed by atoms with Crippen molar-refractivity contribution in [2.45, 2.75) is 13.8 Å². The lowest BCUT2D eigenvalue weighted by atomic mass is 10.3. The van der Waals surface area contributed by atoms with Crippen LogP contribution in [-0.2, 0) is 0 Å². The summed E-state index contributed by atoms with van der Waals surface area (Å²) in [6, 6.07) is 1.77. The molecular weight excluding hydrogens is 208 g/mol. The van der Waals surface area contributed by atoms with E-state index in [1.165, 1.54) is 6.92 Å². The quantitative estimate of drug-likeness (QED) is 0.670. The number of carbonyl (C=O) groups is 1. The summed E-state index contributed by atoms with van der Waals surface area (Å²) in [7, 11) is 0. The van der Waals surface area contributed by atoms with Gasteiger partial charge in [-0.1, -0.05) is 0 Å². The van der Waals surface area contributed by atoms with Gasteiger partial charge in [-0.05, 0) is 28.9 Å². The first-order chi connectivity index (χ1) is 5.11. The fourth-order valence-electron chi connectivity index (χ4n) is 0.696. The van der Waals surface area contributed by atoms with E-state index in [2.05, 4.69) is 26.1 Å². The average molecular weight is 215 g/mol. The standard InChI is InChI=1S/C7H7BrN2O/c1-4-3-6(8)7(5(2)11)10-9-4/h3H,1-2H3. The highest BCUT2D eigenvalue weighted by Crippen LogP contribution is 2.14. The SMILES string of the molecule is CC(=O)c1nnc(C)cc1Br. The largest absolute Gasteiger partial charge is 0.293 e. The van der Waals surface area contributed by atoms with Crippen molar-refractivity contribution < 1.29 is 4.79 Å². The second-order valence-electron chi connectivity index (χ2n) is 2.24. The Bertz CT molecular complexity index is 298. The minimum atomic E-state index is -0.0793. The summed E-state index contributed by atoms with van der Waals surface area (Å²) >= 11 is 3.22. The van der Waals surface area contributed by atoms with E-state index in [0.29, 0.717) is 10.2 Å². The van der Waals surface area contributed by atoms with Crippen molar-refractivity contribution in [1.29, 1.82) is 0 Å². The van der Waals surface area contributed by atoms with Crippen molar-refractivity contribution in [3.63, 3.8) is 0 Å². The fraction of sp³-hybridized carbons (Fsp3) is 0.286. The zero-order chi connectivity index (χ0) is 8.43. The maximum atomic E-state index is 10.8. The Labute approximate surface area is 73.0 Å². The Morgan fingerprint density at radius 1 is 1.55 bits per heavy atom. The third-order valence-electron chi connectivity index (χ3n) is 1.20. The van der Waals surface area contributed by atoms with Crippen LogP contribution in [0.1, 0.15) is 23.1 Å². The van der Waals surface area contributed by atoms with Crippen LogP contribution in [0.3, 0.4) is 0 Å². The van der Waals surface area contributed by atoms with Gasteiger partial charge in [0, 0.05) is 6.92 Å². The van der Waals surface area contributed by atoms with E-state index in [4.69, 9.17) is 0 Å². The maximum Gasteiger partial charge on any atom is 0.181 e. The third kappa shape index (κ3) is 1.83. The van der Waals surface area contributed by atoms with Crippen LogP contribution >= 0.6 is 15.9 Å². The van der Waals surface area contributed by atoms with Crippen LogP contribution in [-0.4, -0.2) is 16.0 Å². The monoisotopic (exact) mass is 214 g/mol. The maximum absolute atomic E-state index is 10.8. The second-order valence-corrected chi connectivity index (χ2v) is 3.09. The highest BCUT2D eigenvalue weighted by atomic mass is 79.9. The molecule has 4 heteroatoms. The molecule has 58 valence electrons. The molecule has 0 atom stereocenters. The molecule has 0 unspecified atom stereocenters. The smallest absolute Gasteiger partial charge is 0.181 e. The molecule has 0 amide bonds. The van der Waals surface area contributed by atoms with E-state index >= 15 is 0 Å². The van der Waals surface area contributed by atoms with Gasteiger partial charge < -0.3 is 0 Å². The molecule has 0 N–H and O–H groups in total. The fourth-order valence-corrected chi connectivity index (χ4v) is 1.39. The number of ketones is 1. The Morgan fingerprint density at radius 3 is 2.64 bits per heavy atom. The van der Waals surface area contributed by atoms with Crippen LogP contribution in [0.4, 0.5) is 0 Å². The Hall–Kier alpha value is -0.770. The summed E-state index contributed by atoms with van der Waals surface area (Å²) < 4.78 is 0.706. The summed E-state index contributed by atoms with van der Waals surface area (Å²) in [5.41, 5.74) is 1.18. The molecule has 0 fully saturated rings. The van der Waals surface area contributed by atoms with Gasteiger partial charge in [0.25, 0.3) is 0 Å². The molecular formula is C7H7BrN2O. The van der Waals surface area contributed by atoms with Gasteiger partial charge in [-0.2, -0.15) is 5.10 Å². The number of carbonyl (C=O) groups excluding carboxylic acids is 1. The number of hydrogen-bond donors (Lipinski definition) is 0. The first kappa shape index (κ1) is 8.33. The number of aryl methyl sites for hydroxylation is 1. The van der Waals surface area contributed by atoms with E-state index in [0.717, 1.165) is 5.69 Å². The lowest BCUT2D eigenvalue weighted by Crippen LogP contribution is -2.01. The van der Waals surface area contributed by atoms with Crippen LogP contribution in [0, 0.1) is 6.92 Å². The van der Waals surface area contributed by atoms with Gasteiger partial charge in [-0.3, -0.25) is 4.79 Å². The van der Waals surface area contributed by atoms with Crippen LogP contribution < -0.4 is 0 Å². The summed E-state index contributed by atoms with van der Waals surface area (Å²) in [5, 5.41) is 7.49. The summed E-state index contributed by atoms with van der Waals surface area (Å²) in [6.07, 6.45) is 0. The molecule has 11 heavy (non-hydrogen) atoms. The molecule has 3 nitrogen and oxygen atoms in total. The Morgan fingerprint density at radius 2 is 2.18 bits per heavy atom. The van der Waals surface area contributed by atoms with Gasteiger partial charge in [0.15, 0.2) is 5.78 Å². The van der Waals surface area contributed by atoms with Crippen LogP contribution in [0.5, 0.6) is 0 Å². The van der Waals surface area contributed by atoms with Gasteiger partial charge in [0.1, 0.15) is 5.69 Å². The zero-order valence-corrected chi connectivity index (χ0v) is 7.84. The molecule has 1 aromatic rings. The summed E-state index contributed by atoms with van der Waals surface area (Å²) in [4.78, 5) is 10.8. The molecule has 0 aliphatic heterocycles. The zero-order valence-electron chi connectivity index (χ0n) is 6.26. The lowest BCUT2D eigenvalue weighted by Gasteiger charge is -1.97. The normalized spacial score (nSPS) is 9.73. The Balaban J connectivity index is 3.20. The van der Waals surface area contributed by atoms with E-state index < -0.39 is 0 Å². The average Bonchev–Trinajstić information content (AvgIpc) is 1.85. The van der Waals surface area contributed by atoms with E-state index in [9.17, 15) is 4.79 Å². The van der Waals surface area contributed by atoms with Crippen LogP contribution in [0.2, 0.25) is 0 Å². The predicted octanol–water partition coefficient (Wildman–Crippen LogP) is 1.75. The topological polar surface area (TPSA) is 42.9 Å². The number of Topliss-reactive ketones (excluding diaryl/α,β-unsaturated/α-hetero) is 1. The van der Waals surface area contributed by atoms with Gasteiger partial charge >= 0.3 is 0 Å². The van der Waals surface area contributed by atoms with Gasteiger partial charge in [-0.15, -0.1) is 5.10 Å². The van der Waals surface area contributed by atoms with Crippen LogP contribution in [0.15, 0.2) is 10.5 Å². The molecule has 1 rings (SSSR count). The molecule has 0 saturated carbocycles. The molecule has 0 saturated heterocycles. The molecule has 0 spiro atoms. The van der Waals surface area contributed by atoms with Crippen LogP contribution in [0.25, 0.3) is 0 Å². The highest BCUT2D eigenvalue weighted by molar-refractivity contribution is 9.10. The minimum Gasteiger partial charge on any atom is -0.293 e. The van der Waals surface area contributed by atoms with E-state index in [-0.39, 0.29) is 5.78 Å². The Kier molecular flexibility index (Phi) is 2.34. The molecule has 0 bridgehead atoms. The summed E-state index contributed by atoms with van der Waals surface area (Å²) in [5.74, 6) is -0.0793. The lowest BCUT2D eigenvalue weighted by molar-refractivity contribution is 0.101. The molecule has 0 aliphatic rings. The summed E-state index contributed by atoms with van der Waals surface area (Å²) in [6.45, 7) is 3.28. The third-order valence-corrected chi connectivity index (χ3v) is 1.81. The minimum absolute atomic E-state index is 0.0793. The van der Waals surface area contributed by atoms with Crippen molar-refractivity contribution in [3.05, 3.63) is 21.9 Å². The van der Waals surface area contributed by atoms with E-state index in [1.54, 1.807) is 6.07 Å². The first-order valence-electron chi connectivity index (χ1n) is 3.12. The molecule has 0 aliphatic carbocycles. The number of aromatic nitrogens is 2. The molecule has 1 heterocycles. The molecule has 0 aromatic carbocycles. The van der Waals surface area contributed by atoms with Crippen molar-refractivity contribution in [2.75, 3.05) is 0 Å². The van der Waals surface area contributed by atoms with Crippen molar-refractivity contribution in [3.8, 4) is 0 Å². The molecule has 0 radical (unpaired) electrons. The first-order valence-corrected chi connectivity index (χ1v) is 3.91. The van der Waals surface area contributed by atoms with Crippen molar-refractivity contribution in [2.24, 2.45) is 0 Å². The van der Waals surface area contributed by atoms with Crippen molar-refractivity contribution in [1.82, 2.24) is 10.2 Å². The number of nitrogens with zero attached hydrogens (tertiary/aromatic N) is 2. The second kappa shape index (κ2) is 3.09. The van der Waals surface area contributed by atoms with Gasteiger partial charge in [-0.25, -0.2) is 0 Å². The number of hydrogen-bond acceptors (Lipinski definition) is 3. The van der Waals surface area contributed by atoms with Gasteiger partial charge in [0.05, 0.1) is 10.2 Å². The predicted molar refractivity (Wildman–Crippen MR) is 44.5 cm³/mol. The number of rotatable bonds is 1. The highest BCUT2D eigenvalue weighted by Gasteiger charge is 2.06.